The summed E-state index contributed by atoms with van der Waals surface area (Å²) in [6, 6.07) is 4.99. The number of amides is 3. The van der Waals surface area contributed by atoms with E-state index in [-0.39, 0.29) is 25.2 Å². The summed E-state index contributed by atoms with van der Waals surface area (Å²) in [4.78, 5) is 58.2. The molecule has 0 aliphatic heterocycles. The number of nitrogens with two attached hydrogens (primary N) is 2. The van der Waals surface area contributed by atoms with E-state index < -0.39 is 47.9 Å². The standard InChI is InChI=1S/C27H41N7O5/c1-3-17(2)23(27(38)39)34-26(37)22(13-18-9-5-4-6-10-18)33-25(36)21(11-7-8-12-28)32-24(35)20(29)14-19-15-30-16-31-19/h4-6,9-10,15-17,20-23H,3,7-8,11-14,28-29H2,1-2H3,(H,30,31)(H,32,35)(H,33,36)(H,34,37)(H,38,39). The van der Waals surface area contributed by atoms with E-state index in [4.69, 9.17) is 11.5 Å². The number of benzene rings is 1. The largest absolute Gasteiger partial charge is 0.480 e. The topological polar surface area (TPSA) is 205 Å². The summed E-state index contributed by atoms with van der Waals surface area (Å²) in [6.45, 7) is 3.99. The number of carboxylic acid groups (broad SMARTS) is 1. The molecule has 0 spiro atoms. The van der Waals surface area contributed by atoms with Crippen molar-refractivity contribution >= 4 is 23.7 Å². The number of rotatable bonds is 17. The Morgan fingerprint density at radius 1 is 0.974 bits per heavy atom. The Morgan fingerprint density at radius 3 is 2.23 bits per heavy atom. The van der Waals surface area contributed by atoms with Crippen LogP contribution in [0.25, 0.3) is 0 Å². The number of aliphatic carboxylic acids is 1. The fourth-order valence-electron chi connectivity index (χ4n) is 4.03. The lowest BCUT2D eigenvalue weighted by Crippen LogP contribution is -2.58. The molecule has 39 heavy (non-hydrogen) atoms. The molecule has 0 aliphatic rings. The summed E-state index contributed by atoms with van der Waals surface area (Å²) < 4.78 is 0. The molecule has 0 fully saturated rings. The molecule has 1 aromatic heterocycles. The molecule has 0 bridgehead atoms. The second kappa shape index (κ2) is 16.2. The van der Waals surface area contributed by atoms with Crippen molar-refractivity contribution in [3.05, 3.63) is 54.1 Å². The number of unbranched alkanes of at least 4 members (excludes halogenated alkanes) is 1. The summed E-state index contributed by atoms with van der Waals surface area (Å²) in [6.07, 6.45) is 5.42. The molecule has 0 aliphatic carbocycles. The third kappa shape index (κ3) is 10.5. The normalized spacial score (nSPS) is 14.9. The van der Waals surface area contributed by atoms with E-state index in [2.05, 4.69) is 25.9 Å². The van der Waals surface area contributed by atoms with E-state index in [0.29, 0.717) is 31.5 Å². The Balaban J connectivity index is 2.21. The maximum absolute atomic E-state index is 13.4. The molecule has 0 saturated carbocycles. The number of carbonyl (C=O) groups excluding carboxylic acids is 3. The van der Waals surface area contributed by atoms with Crippen LogP contribution in [-0.4, -0.2) is 69.5 Å². The van der Waals surface area contributed by atoms with Gasteiger partial charge in [0.15, 0.2) is 0 Å². The maximum Gasteiger partial charge on any atom is 0.326 e. The molecule has 0 radical (unpaired) electrons. The van der Waals surface area contributed by atoms with Gasteiger partial charge in [-0.15, -0.1) is 0 Å². The van der Waals surface area contributed by atoms with E-state index in [0.717, 1.165) is 5.56 Å². The van der Waals surface area contributed by atoms with Gasteiger partial charge in [0, 0.05) is 24.7 Å². The summed E-state index contributed by atoms with van der Waals surface area (Å²) >= 11 is 0. The first-order chi connectivity index (χ1) is 18.7. The van der Waals surface area contributed by atoms with Crippen LogP contribution in [-0.2, 0) is 32.0 Å². The number of H-pyrrole nitrogens is 1. The van der Waals surface area contributed by atoms with Crippen LogP contribution in [0.15, 0.2) is 42.9 Å². The van der Waals surface area contributed by atoms with Crippen LogP contribution in [0.5, 0.6) is 0 Å². The zero-order chi connectivity index (χ0) is 28.8. The Kier molecular flexibility index (Phi) is 13.1. The predicted octanol–water partition coefficient (Wildman–Crippen LogP) is 0.236. The zero-order valence-electron chi connectivity index (χ0n) is 22.6. The summed E-state index contributed by atoms with van der Waals surface area (Å²) in [5.74, 6) is -3.19. The monoisotopic (exact) mass is 543 g/mol. The van der Waals surface area contributed by atoms with Gasteiger partial charge >= 0.3 is 5.97 Å². The van der Waals surface area contributed by atoms with Crippen LogP contribution in [0, 0.1) is 5.92 Å². The molecule has 3 amide bonds. The molecular formula is C27H41N7O5. The summed E-state index contributed by atoms with van der Waals surface area (Å²) in [5, 5.41) is 17.7. The van der Waals surface area contributed by atoms with Gasteiger partial charge in [-0.05, 0) is 37.3 Å². The first kappa shape index (κ1) is 31.4. The molecule has 9 N–H and O–H groups in total. The highest BCUT2D eigenvalue weighted by Gasteiger charge is 2.32. The average Bonchev–Trinajstić information content (AvgIpc) is 3.43. The highest BCUT2D eigenvalue weighted by atomic mass is 16.4. The molecule has 2 rings (SSSR count). The second-order valence-electron chi connectivity index (χ2n) is 9.69. The number of nitrogens with zero attached hydrogens (tertiary/aromatic N) is 1. The number of carboxylic acids is 1. The fraction of sp³-hybridized carbons (Fsp3) is 0.519. The van der Waals surface area contributed by atoms with Gasteiger partial charge in [0.1, 0.15) is 18.1 Å². The number of carbonyl (C=O) groups is 4. The van der Waals surface area contributed by atoms with Gasteiger partial charge in [0.25, 0.3) is 0 Å². The van der Waals surface area contributed by atoms with Gasteiger partial charge in [0.2, 0.25) is 17.7 Å². The summed E-state index contributed by atoms with van der Waals surface area (Å²) in [7, 11) is 0. The summed E-state index contributed by atoms with van der Waals surface area (Å²) in [5.41, 5.74) is 13.1. The minimum absolute atomic E-state index is 0.133. The van der Waals surface area contributed by atoms with E-state index in [1.54, 1.807) is 13.1 Å². The molecule has 2 aromatic rings. The first-order valence-electron chi connectivity index (χ1n) is 13.3. The smallest absolute Gasteiger partial charge is 0.326 e. The van der Waals surface area contributed by atoms with Gasteiger partial charge in [0.05, 0.1) is 12.4 Å². The van der Waals surface area contributed by atoms with Crippen LogP contribution < -0.4 is 27.4 Å². The molecule has 1 heterocycles. The number of aromatic amines is 1. The predicted molar refractivity (Wildman–Crippen MR) is 146 cm³/mol. The lowest BCUT2D eigenvalue weighted by atomic mass is 9.98. The lowest BCUT2D eigenvalue weighted by Gasteiger charge is -2.26. The van der Waals surface area contributed by atoms with E-state index in [9.17, 15) is 24.3 Å². The van der Waals surface area contributed by atoms with Crippen LogP contribution in [0.4, 0.5) is 0 Å². The van der Waals surface area contributed by atoms with E-state index in [1.165, 1.54) is 6.33 Å². The Labute approximate surface area is 228 Å². The van der Waals surface area contributed by atoms with Gasteiger partial charge in [-0.3, -0.25) is 14.4 Å². The van der Waals surface area contributed by atoms with Gasteiger partial charge in [-0.2, -0.15) is 0 Å². The Morgan fingerprint density at radius 2 is 1.64 bits per heavy atom. The Bertz CT molecular complexity index is 1050. The molecule has 0 saturated heterocycles. The number of hydrogen-bond acceptors (Lipinski definition) is 7. The fourth-order valence-corrected chi connectivity index (χ4v) is 4.03. The average molecular weight is 544 g/mol. The number of imidazole rings is 1. The van der Waals surface area contributed by atoms with Crippen LogP contribution >= 0.6 is 0 Å². The van der Waals surface area contributed by atoms with Crippen molar-refractivity contribution in [1.29, 1.82) is 0 Å². The van der Waals surface area contributed by atoms with E-state index >= 15 is 0 Å². The van der Waals surface area contributed by atoms with Gasteiger partial charge in [-0.1, -0.05) is 50.6 Å². The van der Waals surface area contributed by atoms with Gasteiger partial charge in [-0.25, -0.2) is 9.78 Å². The van der Waals surface area contributed by atoms with Crippen molar-refractivity contribution in [1.82, 2.24) is 25.9 Å². The first-order valence-corrected chi connectivity index (χ1v) is 13.3. The van der Waals surface area contributed by atoms with Crippen molar-refractivity contribution < 1.29 is 24.3 Å². The van der Waals surface area contributed by atoms with Crippen molar-refractivity contribution in [2.45, 2.75) is 76.5 Å². The maximum atomic E-state index is 13.4. The van der Waals surface area contributed by atoms with E-state index in [1.807, 2.05) is 37.3 Å². The van der Waals surface area contributed by atoms with Crippen LogP contribution in [0.1, 0.15) is 50.8 Å². The second-order valence-corrected chi connectivity index (χ2v) is 9.69. The number of aromatic nitrogens is 2. The van der Waals surface area contributed by atoms with Crippen LogP contribution in [0.2, 0.25) is 0 Å². The quantitative estimate of drug-likeness (QED) is 0.137. The Hall–Kier alpha value is -3.77. The molecule has 1 aromatic carbocycles. The molecule has 5 atom stereocenters. The number of nitrogens with one attached hydrogen (secondary N) is 4. The SMILES string of the molecule is CCC(C)C(NC(=O)C(Cc1ccccc1)NC(=O)C(CCCCN)NC(=O)C(N)Cc1cnc[nH]1)C(=O)O. The van der Waals surface area contributed by atoms with Gasteiger partial charge < -0.3 is 37.5 Å². The highest BCUT2D eigenvalue weighted by Crippen LogP contribution is 2.11. The van der Waals surface area contributed by atoms with Crippen molar-refractivity contribution in [3.63, 3.8) is 0 Å². The van der Waals surface area contributed by atoms with Crippen molar-refractivity contribution in [3.8, 4) is 0 Å². The third-order valence-corrected chi connectivity index (χ3v) is 6.60. The minimum Gasteiger partial charge on any atom is -0.480 e. The molecule has 214 valence electrons. The van der Waals surface area contributed by atoms with Crippen LogP contribution in [0.3, 0.4) is 0 Å². The number of hydrogen-bond donors (Lipinski definition) is 7. The third-order valence-electron chi connectivity index (χ3n) is 6.60. The molecule has 12 heteroatoms. The molecular weight excluding hydrogens is 502 g/mol. The van der Waals surface area contributed by atoms with Crippen molar-refractivity contribution in [2.24, 2.45) is 17.4 Å². The lowest BCUT2D eigenvalue weighted by molar-refractivity contribution is -0.143. The zero-order valence-corrected chi connectivity index (χ0v) is 22.6. The highest BCUT2D eigenvalue weighted by molar-refractivity contribution is 5.94. The minimum atomic E-state index is -1.15. The molecule has 5 unspecified atom stereocenters. The molecule has 12 nitrogen and oxygen atoms in total. The van der Waals surface area contributed by atoms with Crippen molar-refractivity contribution in [2.75, 3.05) is 6.54 Å².